The lowest BCUT2D eigenvalue weighted by molar-refractivity contribution is 0.148. The minimum atomic E-state index is 0.780. The zero-order valence-corrected chi connectivity index (χ0v) is 14.7. The lowest BCUT2D eigenvalue weighted by atomic mass is 10.1. The molecule has 2 N–H and O–H groups in total. The first-order valence-corrected chi connectivity index (χ1v) is 8.84. The van der Waals surface area contributed by atoms with Gasteiger partial charge in [0, 0.05) is 49.4 Å². The summed E-state index contributed by atoms with van der Waals surface area (Å²) in [5.41, 5.74) is 11.3. The van der Waals surface area contributed by atoms with Crippen LogP contribution in [0.1, 0.15) is 5.56 Å². The molecular formula is C21H24N4. The van der Waals surface area contributed by atoms with Gasteiger partial charge in [-0.05, 0) is 24.7 Å². The van der Waals surface area contributed by atoms with Crippen molar-refractivity contribution in [2.75, 3.05) is 39.0 Å². The van der Waals surface area contributed by atoms with Gasteiger partial charge in [-0.25, -0.2) is 4.98 Å². The monoisotopic (exact) mass is 332 g/mol. The molecule has 0 unspecified atom stereocenters. The van der Waals surface area contributed by atoms with Gasteiger partial charge in [0.25, 0.3) is 0 Å². The molecule has 0 atom stereocenters. The summed E-state index contributed by atoms with van der Waals surface area (Å²) in [7, 11) is 2.19. The highest BCUT2D eigenvalue weighted by Gasteiger charge is 2.14. The topological polar surface area (TPSA) is 45.4 Å². The van der Waals surface area contributed by atoms with Crippen LogP contribution >= 0.6 is 0 Å². The van der Waals surface area contributed by atoms with E-state index in [4.69, 9.17) is 10.7 Å². The molecule has 1 aliphatic rings. The number of fused-ring (bicyclic) bond motifs is 1. The molecule has 1 aliphatic heterocycles. The van der Waals surface area contributed by atoms with Crippen molar-refractivity contribution in [2.24, 2.45) is 0 Å². The van der Waals surface area contributed by atoms with E-state index in [1.165, 1.54) is 5.56 Å². The molecule has 128 valence electrons. The fraction of sp³-hybridized carbons (Fsp3) is 0.286. The second-order valence-corrected chi connectivity index (χ2v) is 6.89. The quantitative estimate of drug-likeness (QED) is 0.800. The number of para-hydroxylation sites is 1. The van der Waals surface area contributed by atoms with E-state index in [1.807, 2.05) is 30.3 Å². The van der Waals surface area contributed by atoms with Crippen molar-refractivity contribution in [1.29, 1.82) is 0 Å². The van der Waals surface area contributed by atoms with Crippen LogP contribution in [0.25, 0.3) is 22.2 Å². The molecule has 1 aromatic heterocycles. The number of nitrogens with zero attached hydrogens (tertiary/aromatic N) is 3. The zero-order valence-electron chi connectivity index (χ0n) is 14.7. The first-order valence-electron chi connectivity index (χ1n) is 8.84. The van der Waals surface area contributed by atoms with E-state index in [1.54, 1.807) is 0 Å². The fourth-order valence-corrected chi connectivity index (χ4v) is 3.40. The molecular weight excluding hydrogens is 308 g/mol. The van der Waals surface area contributed by atoms with Crippen LogP contribution in [0.15, 0.2) is 54.6 Å². The normalized spacial score (nSPS) is 16.4. The number of piperazine rings is 1. The highest BCUT2D eigenvalue weighted by atomic mass is 15.2. The van der Waals surface area contributed by atoms with Crippen LogP contribution in [0.3, 0.4) is 0 Å². The van der Waals surface area contributed by atoms with Crippen LogP contribution in [0.5, 0.6) is 0 Å². The minimum absolute atomic E-state index is 0.780. The third-order valence-electron chi connectivity index (χ3n) is 5.00. The summed E-state index contributed by atoms with van der Waals surface area (Å²) in [5, 5.41) is 1.01. The Labute approximate surface area is 148 Å². The van der Waals surface area contributed by atoms with Crippen molar-refractivity contribution in [3.63, 3.8) is 0 Å². The molecule has 0 spiro atoms. The van der Waals surface area contributed by atoms with Crippen LogP contribution in [0.4, 0.5) is 5.69 Å². The largest absolute Gasteiger partial charge is 0.398 e. The first-order chi connectivity index (χ1) is 12.2. The summed E-state index contributed by atoms with van der Waals surface area (Å²) in [6.07, 6.45) is 0. The lowest BCUT2D eigenvalue weighted by Gasteiger charge is -2.32. The van der Waals surface area contributed by atoms with Crippen molar-refractivity contribution < 1.29 is 0 Å². The molecule has 4 nitrogen and oxygen atoms in total. The van der Waals surface area contributed by atoms with Crippen molar-refractivity contribution in [2.45, 2.75) is 6.54 Å². The van der Waals surface area contributed by atoms with Crippen LogP contribution in [0, 0.1) is 0 Å². The Bertz CT molecular complexity index is 865. The Hall–Kier alpha value is -2.43. The predicted molar refractivity (Wildman–Crippen MR) is 104 cm³/mol. The predicted octanol–water partition coefficient (Wildman–Crippen LogP) is 3.23. The first kappa shape index (κ1) is 16.1. The van der Waals surface area contributed by atoms with Gasteiger partial charge < -0.3 is 10.6 Å². The van der Waals surface area contributed by atoms with Gasteiger partial charge in [-0.3, -0.25) is 4.90 Å². The number of pyridine rings is 1. The average molecular weight is 332 g/mol. The number of nitrogen functional groups attached to an aromatic ring is 1. The molecule has 4 rings (SSSR count). The van der Waals surface area contributed by atoms with Crippen LogP contribution in [-0.4, -0.2) is 48.0 Å². The van der Waals surface area contributed by atoms with Gasteiger partial charge in [0.05, 0.1) is 11.2 Å². The Balaban J connectivity index is 1.54. The van der Waals surface area contributed by atoms with Crippen molar-refractivity contribution in [3.8, 4) is 11.3 Å². The summed E-state index contributed by atoms with van der Waals surface area (Å²) >= 11 is 0. The Kier molecular flexibility index (Phi) is 4.38. The number of hydrogen-bond acceptors (Lipinski definition) is 4. The maximum Gasteiger partial charge on any atom is 0.0730 e. The Morgan fingerprint density at radius 3 is 2.44 bits per heavy atom. The van der Waals surface area contributed by atoms with Gasteiger partial charge in [-0.2, -0.15) is 0 Å². The van der Waals surface area contributed by atoms with E-state index in [9.17, 15) is 0 Å². The summed E-state index contributed by atoms with van der Waals surface area (Å²) in [6.45, 7) is 5.60. The third-order valence-corrected chi connectivity index (χ3v) is 5.00. The van der Waals surface area contributed by atoms with Crippen molar-refractivity contribution in [3.05, 3.63) is 60.2 Å². The number of aromatic nitrogens is 1. The van der Waals surface area contributed by atoms with E-state index in [0.717, 1.165) is 60.6 Å². The van der Waals surface area contributed by atoms with E-state index < -0.39 is 0 Å². The van der Waals surface area contributed by atoms with E-state index in [2.05, 4.69) is 41.1 Å². The average Bonchev–Trinajstić information content (AvgIpc) is 2.64. The smallest absolute Gasteiger partial charge is 0.0730 e. The number of rotatable bonds is 3. The third kappa shape index (κ3) is 3.50. The molecule has 3 aromatic rings. The molecule has 2 heterocycles. The van der Waals surface area contributed by atoms with Crippen LogP contribution in [0.2, 0.25) is 0 Å². The van der Waals surface area contributed by atoms with E-state index in [-0.39, 0.29) is 0 Å². The lowest BCUT2D eigenvalue weighted by Crippen LogP contribution is -2.43. The molecule has 0 aliphatic carbocycles. The number of likely N-dealkylation sites (N-methyl/N-ethyl adjacent to an activating group) is 1. The molecule has 1 saturated heterocycles. The summed E-state index contributed by atoms with van der Waals surface area (Å²) < 4.78 is 0. The molecule has 25 heavy (non-hydrogen) atoms. The zero-order chi connectivity index (χ0) is 17.2. The SMILES string of the molecule is CN1CCN(Cc2ccc(-c3cc(N)c4ccccc4n3)cc2)CC1. The van der Waals surface area contributed by atoms with E-state index >= 15 is 0 Å². The van der Waals surface area contributed by atoms with Gasteiger partial charge in [-0.1, -0.05) is 42.5 Å². The van der Waals surface area contributed by atoms with Crippen LogP contribution < -0.4 is 5.73 Å². The van der Waals surface area contributed by atoms with Crippen LogP contribution in [-0.2, 0) is 6.54 Å². The maximum absolute atomic E-state index is 6.21. The van der Waals surface area contributed by atoms with Crippen molar-refractivity contribution >= 4 is 16.6 Å². The van der Waals surface area contributed by atoms with Gasteiger partial charge in [0.2, 0.25) is 0 Å². The van der Waals surface area contributed by atoms with Gasteiger partial charge in [0.1, 0.15) is 0 Å². The summed E-state index contributed by atoms with van der Waals surface area (Å²) in [6, 6.07) is 18.7. The summed E-state index contributed by atoms with van der Waals surface area (Å²) in [5.74, 6) is 0. The highest BCUT2D eigenvalue weighted by molar-refractivity contribution is 5.92. The van der Waals surface area contributed by atoms with Crippen molar-refractivity contribution in [1.82, 2.24) is 14.8 Å². The Morgan fingerprint density at radius 2 is 1.68 bits per heavy atom. The van der Waals surface area contributed by atoms with Gasteiger partial charge >= 0.3 is 0 Å². The number of benzene rings is 2. The molecule has 4 heteroatoms. The molecule has 0 amide bonds. The maximum atomic E-state index is 6.21. The summed E-state index contributed by atoms with van der Waals surface area (Å²) in [4.78, 5) is 9.66. The molecule has 2 aromatic carbocycles. The fourth-order valence-electron chi connectivity index (χ4n) is 3.40. The highest BCUT2D eigenvalue weighted by Crippen LogP contribution is 2.26. The molecule has 1 fully saturated rings. The van der Waals surface area contributed by atoms with Gasteiger partial charge in [-0.15, -0.1) is 0 Å². The minimum Gasteiger partial charge on any atom is -0.398 e. The Morgan fingerprint density at radius 1 is 0.960 bits per heavy atom. The molecule has 0 bridgehead atoms. The second-order valence-electron chi connectivity index (χ2n) is 6.89. The standard InChI is InChI=1S/C21H24N4/c1-24-10-12-25(13-11-24)15-16-6-8-17(9-7-16)21-14-19(22)18-4-2-3-5-20(18)23-21/h2-9,14H,10-13,15H2,1H3,(H2,22,23). The van der Waals surface area contributed by atoms with Gasteiger partial charge in [0.15, 0.2) is 0 Å². The number of hydrogen-bond donors (Lipinski definition) is 1. The second kappa shape index (κ2) is 6.82. The van der Waals surface area contributed by atoms with E-state index in [0.29, 0.717) is 0 Å². The molecule has 0 saturated carbocycles. The molecule has 0 radical (unpaired) electrons. The number of anilines is 1. The number of nitrogens with two attached hydrogens (primary N) is 1.